The fourth-order valence-electron chi connectivity index (χ4n) is 3.22. The average Bonchev–Trinajstić information content (AvgIpc) is 3.38. The van der Waals surface area contributed by atoms with Crippen LogP contribution in [-0.2, 0) is 0 Å². The zero-order chi connectivity index (χ0) is 19.3. The van der Waals surface area contributed by atoms with Gasteiger partial charge in [0, 0.05) is 42.7 Å². The van der Waals surface area contributed by atoms with Crippen LogP contribution in [0.2, 0.25) is 0 Å². The predicted molar refractivity (Wildman–Crippen MR) is 115 cm³/mol. The largest absolute Gasteiger partial charge is 0.474 e. The van der Waals surface area contributed by atoms with Gasteiger partial charge < -0.3 is 9.64 Å². The first-order chi connectivity index (χ1) is 13.7. The molecule has 6 heteroatoms. The lowest BCUT2D eigenvalue weighted by Gasteiger charge is -2.14. The molecule has 0 saturated carbocycles. The molecule has 3 aromatic rings. The highest BCUT2D eigenvalue weighted by Crippen LogP contribution is 2.22. The summed E-state index contributed by atoms with van der Waals surface area (Å²) in [7, 11) is 4.05. The summed E-state index contributed by atoms with van der Waals surface area (Å²) in [5.74, 6) is 6.90. The highest BCUT2D eigenvalue weighted by Gasteiger charge is 2.13. The van der Waals surface area contributed by atoms with Crippen molar-refractivity contribution in [1.82, 2.24) is 14.9 Å². The van der Waals surface area contributed by atoms with Crippen LogP contribution in [0.1, 0.15) is 24.1 Å². The van der Waals surface area contributed by atoms with Crippen molar-refractivity contribution in [3.8, 4) is 17.7 Å². The van der Waals surface area contributed by atoms with Gasteiger partial charge in [-0.1, -0.05) is 5.92 Å². The molecular formula is C22H24N4OS. The van der Waals surface area contributed by atoms with Gasteiger partial charge in [0.1, 0.15) is 17.6 Å². The number of rotatable bonds is 5. The molecule has 1 fully saturated rings. The second-order valence-electron chi connectivity index (χ2n) is 7.11. The second kappa shape index (κ2) is 8.59. The Morgan fingerprint density at radius 3 is 2.46 bits per heavy atom. The van der Waals surface area contributed by atoms with Gasteiger partial charge in [0.05, 0.1) is 0 Å². The lowest BCUT2D eigenvalue weighted by molar-refractivity contribution is 0.231. The molecule has 5 nitrogen and oxygen atoms in total. The minimum atomic E-state index is 0.530. The van der Waals surface area contributed by atoms with Crippen LogP contribution in [0.25, 0.3) is 11.0 Å². The van der Waals surface area contributed by atoms with Crippen LogP contribution in [0, 0.1) is 11.8 Å². The highest BCUT2D eigenvalue weighted by molar-refractivity contribution is 7.09. The van der Waals surface area contributed by atoms with Gasteiger partial charge in [0.2, 0.25) is 5.88 Å². The number of benzene rings is 1. The molecule has 0 unspecified atom stereocenters. The quantitative estimate of drug-likeness (QED) is 0.620. The Hall–Kier alpha value is -2.62. The van der Waals surface area contributed by atoms with Crippen LogP contribution in [-0.4, -0.2) is 55.2 Å². The summed E-state index contributed by atoms with van der Waals surface area (Å²) in [5, 5.41) is 3.99. The van der Waals surface area contributed by atoms with E-state index >= 15 is 0 Å². The van der Waals surface area contributed by atoms with Gasteiger partial charge in [-0.25, -0.2) is 9.97 Å². The number of nitrogens with zero attached hydrogens (tertiary/aromatic N) is 4. The van der Waals surface area contributed by atoms with E-state index < -0.39 is 0 Å². The van der Waals surface area contributed by atoms with Crippen LogP contribution < -0.4 is 9.64 Å². The van der Waals surface area contributed by atoms with Crippen LogP contribution in [0.4, 0.5) is 5.69 Å². The summed E-state index contributed by atoms with van der Waals surface area (Å²) in [6, 6.07) is 8.16. The SMILES string of the molecule is CN(C)c1ccc(C#Cc2nc3cscc3nc2OCCN2CCCC2)cc1. The second-order valence-corrected chi connectivity index (χ2v) is 7.85. The number of ether oxygens (including phenoxy) is 1. The molecule has 0 atom stereocenters. The maximum absolute atomic E-state index is 6.00. The molecule has 1 saturated heterocycles. The van der Waals surface area contributed by atoms with Crippen LogP contribution in [0.5, 0.6) is 5.88 Å². The van der Waals surface area contributed by atoms with Gasteiger partial charge in [0.15, 0.2) is 5.69 Å². The van der Waals surface area contributed by atoms with Gasteiger partial charge in [-0.2, -0.15) is 0 Å². The van der Waals surface area contributed by atoms with E-state index in [1.165, 1.54) is 12.8 Å². The van der Waals surface area contributed by atoms with E-state index in [1.807, 2.05) is 37.0 Å². The molecule has 0 spiro atoms. The number of likely N-dealkylation sites (tertiary alicyclic amines) is 1. The molecule has 0 amide bonds. The van der Waals surface area contributed by atoms with Crippen molar-refractivity contribution in [1.29, 1.82) is 0 Å². The van der Waals surface area contributed by atoms with Crippen molar-refractivity contribution >= 4 is 28.1 Å². The molecule has 0 N–H and O–H groups in total. The summed E-state index contributed by atoms with van der Waals surface area (Å²) in [4.78, 5) is 13.8. The van der Waals surface area contributed by atoms with E-state index in [2.05, 4.69) is 43.7 Å². The fraction of sp³-hybridized carbons (Fsp3) is 0.364. The standard InChI is InChI=1S/C22H24N4OS/c1-25(2)18-8-5-17(6-9-18)7-10-19-22(24-21-16-28-15-20(21)23-19)27-14-13-26-11-3-4-12-26/h5-6,8-9,15-16H,3-4,11-14H2,1-2H3. The lowest BCUT2D eigenvalue weighted by atomic mass is 10.2. The third-order valence-electron chi connectivity index (χ3n) is 4.83. The molecule has 1 aromatic carbocycles. The maximum Gasteiger partial charge on any atom is 0.249 e. The molecule has 2 aromatic heterocycles. The zero-order valence-corrected chi connectivity index (χ0v) is 17.1. The van der Waals surface area contributed by atoms with Gasteiger partial charge >= 0.3 is 0 Å². The van der Waals surface area contributed by atoms with Gasteiger partial charge in [-0.15, -0.1) is 11.3 Å². The van der Waals surface area contributed by atoms with Crippen molar-refractivity contribution < 1.29 is 4.74 Å². The number of hydrogen-bond donors (Lipinski definition) is 0. The fourth-order valence-corrected chi connectivity index (χ4v) is 3.89. The van der Waals surface area contributed by atoms with Crippen molar-refractivity contribution in [3.05, 3.63) is 46.3 Å². The predicted octanol–water partition coefficient (Wildman–Crippen LogP) is 3.63. The smallest absolute Gasteiger partial charge is 0.249 e. The van der Waals surface area contributed by atoms with E-state index in [4.69, 9.17) is 4.74 Å². The number of aromatic nitrogens is 2. The number of hydrogen-bond acceptors (Lipinski definition) is 6. The number of fused-ring (bicyclic) bond motifs is 1. The normalized spacial score (nSPS) is 14.1. The molecule has 4 rings (SSSR count). The van der Waals surface area contributed by atoms with Crippen molar-refractivity contribution in [2.45, 2.75) is 12.8 Å². The topological polar surface area (TPSA) is 41.5 Å². The van der Waals surface area contributed by atoms with Gasteiger partial charge in [-0.05, 0) is 56.1 Å². The van der Waals surface area contributed by atoms with E-state index in [1.54, 1.807) is 11.3 Å². The summed E-state index contributed by atoms with van der Waals surface area (Å²) in [5.41, 5.74) is 4.42. The Labute approximate surface area is 170 Å². The third-order valence-corrected chi connectivity index (χ3v) is 5.55. The summed E-state index contributed by atoms with van der Waals surface area (Å²) >= 11 is 1.59. The maximum atomic E-state index is 6.00. The zero-order valence-electron chi connectivity index (χ0n) is 16.3. The average molecular weight is 393 g/mol. The van der Waals surface area contributed by atoms with Crippen LogP contribution in [0.15, 0.2) is 35.0 Å². The molecular weight excluding hydrogens is 368 g/mol. The van der Waals surface area contributed by atoms with Crippen LogP contribution in [0.3, 0.4) is 0 Å². The molecule has 1 aliphatic heterocycles. The summed E-state index contributed by atoms with van der Waals surface area (Å²) in [6.07, 6.45) is 2.56. The Balaban J connectivity index is 1.54. The van der Waals surface area contributed by atoms with E-state index in [-0.39, 0.29) is 0 Å². The molecule has 0 radical (unpaired) electrons. The molecule has 1 aliphatic rings. The molecule has 0 aliphatic carbocycles. The highest BCUT2D eigenvalue weighted by atomic mass is 32.1. The van der Waals surface area contributed by atoms with Gasteiger partial charge in [-0.3, -0.25) is 4.90 Å². The molecule has 0 bridgehead atoms. The van der Waals surface area contributed by atoms with E-state index in [9.17, 15) is 0 Å². The molecule has 28 heavy (non-hydrogen) atoms. The Bertz CT molecular complexity index is 995. The molecule has 144 valence electrons. The summed E-state index contributed by atoms with van der Waals surface area (Å²) in [6.45, 7) is 3.85. The van der Waals surface area contributed by atoms with E-state index in [0.717, 1.165) is 41.9 Å². The third kappa shape index (κ3) is 4.44. The monoisotopic (exact) mass is 392 g/mol. The van der Waals surface area contributed by atoms with Gasteiger partial charge in [0.25, 0.3) is 0 Å². The van der Waals surface area contributed by atoms with Crippen molar-refractivity contribution in [2.75, 3.05) is 45.2 Å². The molecule has 3 heterocycles. The first kappa shape index (κ1) is 18.7. The van der Waals surface area contributed by atoms with Crippen molar-refractivity contribution in [2.24, 2.45) is 0 Å². The first-order valence-electron chi connectivity index (χ1n) is 9.57. The Morgan fingerprint density at radius 1 is 1.04 bits per heavy atom. The summed E-state index contributed by atoms with van der Waals surface area (Å²) < 4.78 is 6.00. The minimum absolute atomic E-state index is 0.530. The van der Waals surface area contributed by atoms with Crippen LogP contribution >= 0.6 is 11.3 Å². The first-order valence-corrected chi connectivity index (χ1v) is 10.5. The lowest BCUT2D eigenvalue weighted by Crippen LogP contribution is -2.25. The minimum Gasteiger partial charge on any atom is -0.474 e. The van der Waals surface area contributed by atoms with Crippen molar-refractivity contribution in [3.63, 3.8) is 0 Å². The van der Waals surface area contributed by atoms with E-state index in [0.29, 0.717) is 18.2 Å². The number of thiophene rings is 1. The Morgan fingerprint density at radius 2 is 1.75 bits per heavy atom. The number of anilines is 1. The Kier molecular flexibility index (Phi) is 5.75.